The van der Waals surface area contributed by atoms with Gasteiger partial charge in [-0.05, 0) is 24.1 Å². The van der Waals surface area contributed by atoms with Crippen LogP contribution in [0.5, 0.6) is 5.75 Å². The summed E-state index contributed by atoms with van der Waals surface area (Å²) in [5.41, 5.74) is 2.21. The number of methoxy groups -OCH3 is 1. The molecule has 1 aromatic heterocycles. The van der Waals surface area contributed by atoms with Crippen molar-refractivity contribution < 1.29 is 19.4 Å². The van der Waals surface area contributed by atoms with Crippen LogP contribution in [0.1, 0.15) is 26.4 Å². The standard InChI is InChI=1S/C15H16N2O4/c1-16-7-6-8-11-9(15(19)20)4-5-10(21-3)13(11)17(2)12(8)14(16)18/h4-5H,6-7H2,1-3H3,(H,19,20). The summed E-state index contributed by atoms with van der Waals surface area (Å²) in [5, 5.41) is 10.0. The molecule has 0 aliphatic carbocycles. The van der Waals surface area contributed by atoms with Crippen LogP contribution in [-0.4, -0.2) is 47.2 Å². The van der Waals surface area contributed by atoms with E-state index in [-0.39, 0.29) is 11.5 Å². The highest BCUT2D eigenvalue weighted by Gasteiger charge is 2.31. The van der Waals surface area contributed by atoms with Crippen molar-refractivity contribution in [2.24, 2.45) is 7.05 Å². The second kappa shape index (κ2) is 4.51. The first-order valence-electron chi connectivity index (χ1n) is 6.64. The van der Waals surface area contributed by atoms with Gasteiger partial charge in [-0.15, -0.1) is 0 Å². The van der Waals surface area contributed by atoms with Gasteiger partial charge in [0.25, 0.3) is 5.91 Å². The summed E-state index contributed by atoms with van der Waals surface area (Å²) in [4.78, 5) is 25.6. The third-order valence-corrected chi connectivity index (χ3v) is 4.10. The van der Waals surface area contributed by atoms with Gasteiger partial charge in [0.1, 0.15) is 11.4 Å². The van der Waals surface area contributed by atoms with E-state index in [0.29, 0.717) is 35.3 Å². The van der Waals surface area contributed by atoms with Crippen molar-refractivity contribution >= 4 is 22.8 Å². The third kappa shape index (κ3) is 1.72. The average Bonchev–Trinajstić information content (AvgIpc) is 2.76. The number of ether oxygens (including phenoxy) is 1. The van der Waals surface area contributed by atoms with E-state index < -0.39 is 5.97 Å². The van der Waals surface area contributed by atoms with Crippen molar-refractivity contribution in [1.29, 1.82) is 0 Å². The second-order valence-corrected chi connectivity index (χ2v) is 5.21. The van der Waals surface area contributed by atoms with Crippen molar-refractivity contribution in [3.05, 3.63) is 29.0 Å². The number of nitrogens with zero attached hydrogens (tertiary/aromatic N) is 2. The van der Waals surface area contributed by atoms with Gasteiger partial charge in [-0.2, -0.15) is 0 Å². The monoisotopic (exact) mass is 288 g/mol. The Bertz CT molecular complexity index is 776. The number of carbonyl (C=O) groups is 2. The van der Waals surface area contributed by atoms with E-state index >= 15 is 0 Å². The molecule has 2 aromatic rings. The van der Waals surface area contributed by atoms with Gasteiger partial charge in [-0.25, -0.2) is 4.79 Å². The van der Waals surface area contributed by atoms with Crippen LogP contribution in [-0.2, 0) is 13.5 Å². The van der Waals surface area contributed by atoms with Gasteiger partial charge in [-0.3, -0.25) is 4.79 Å². The highest BCUT2D eigenvalue weighted by atomic mass is 16.5. The molecule has 0 radical (unpaired) electrons. The molecule has 6 nitrogen and oxygen atoms in total. The molecule has 0 atom stereocenters. The van der Waals surface area contributed by atoms with Crippen LogP contribution < -0.4 is 4.74 Å². The Balaban J connectivity index is 2.48. The lowest BCUT2D eigenvalue weighted by Crippen LogP contribution is -2.35. The number of likely N-dealkylation sites (N-methyl/N-ethyl adjacent to an activating group) is 1. The maximum Gasteiger partial charge on any atom is 0.336 e. The number of aromatic carboxylic acids is 1. The Kier molecular flexibility index (Phi) is 2.90. The first kappa shape index (κ1) is 13.5. The molecule has 1 aliphatic heterocycles. The van der Waals surface area contributed by atoms with Crippen molar-refractivity contribution in [2.45, 2.75) is 6.42 Å². The molecule has 1 aliphatic rings. The summed E-state index contributed by atoms with van der Waals surface area (Å²) < 4.78 is 7.09. The quantitative estimate of drug-likeness (QED) is 0.909. The molecule has 1 N–H and O–H groups in total. The largest absolute Gasteiger partial charge is 0.495 e. The van der Waals surface area contributed by atoms with Crippen LogP contribution >= 0.6 is 0 Å². The Morgan fingerprint density at radius 2 is 2.05 bits per heavy atom. The second-order valence-electron chi connectivity index (χ2n) is 5.21. The van der Waals surface area contributed by atoms with Crippen LogP contribution in [0.4, 0.5) is 0 Å². The van der Waals surface area contributed by atoms with E-state index in [4.69, 9.17) is 4.74 Å². The fourth-order valence-corrected chi connectivity index (χ4v) is 3.06. The van der Waals surface area contributed by atoms with Crippen LogP contribution in [0.15, 0.2) is 12.1 Å². The molecule has 1 amide bonds. The van der Waals surface area contributed by atoms with Crippen molar-refractivity contribution in [3.63, 3.8) is 0 Å². The van der Waals surface area contributed by atoms with E-state index in [2.05, 4.69) is 0 Å². The molecule has 110 valence electrons. The summed E-state index contributed by atoms with van der Waals surface area (Å²) in [5.74, 6) is -0.516. The molecule has 0 saturated carbocycles. The van der Waals surface area contributed by atoms with Crippen molar-refractivity contribution in [3.8, 4) is 5.75 Å². The topological polar surface area (TPSA) is 71.8 Å². The SMILES string of the molecule is COc1ccc(C(=O)O)c2c3c(n(C)c12)C(=O)N(C)CC3. The first-order valence-corrected chi connectivity index (χ1v) is 6.64. The summed E-state index contributed by atoms with van der Waals surface area (Å²) >= 11 is 0. The molecular formula is C15H16N2O4. The molecule has 0 spiro atoms. The zero-order valence-electron chi connectivity index (χ0n) is 12.1. The molecular weight excluding hydrogens is 272 g/mol. The lowest BCUT2D eigenvalue weighted by atomic mass is 9.99. The van der Waals surface area contributed by atoms with Gasteiger partial charge in [-0.1, -0.05) is 0 Å². The first-order chi connectivity index (χ1) is 9.97. The summed E-state index contributed by atoms with van der Waals surface area (Å²) in [6.45, 7) is 0.585. The van der Waals surface area contributed by atoms with Crippen LogP contribution in [0.2, 0.25) is 0 Å². The average molecular weight is 288 g/mol. The van der Waals surface area contributed by atoms with Gasteiger partial charge >= 0.3 is 5.97 Å². The predicted octanol–water partition coefficient (Wildman–Crippen LogP) is 1.51. The van der Waals surface area contributed by atoms with E-state index in [0.717, 1.165) is 5.56 Å². The number of hydrogen-bond donors (Lipinski definition) is 1. The molecule has 0 saturated heterocycles. The number of aryl methyl sites for hydroxylation is 1. The number of carboxylic acid groups (broad SMARTS) is 1. The molecule has 6 heteroatoms. The minimum Gasteiger partial charge on any atom is -0.495 e. The van der Waals surface area contributed by atoms with Gasteiger partial charge in [0.05, 0.1) is 18.2 Å². The Labute approximate surface area is 121 Å². The maximum absolute atomic E-state index is 12.4. The summed E-state index contributed by atoms with van der Waals surface area (Å²) in [6, 6.07) is 3.16. The number of carboxylic acids is 1. The lowest BCUT2D eigenvalue weighted by molar-refractivity contribution is 0.0697. The molecule has 21 heavy (non-hydrogen) atoms. The number of fused-ring (bicyclic) bond motifs is 3. The Hall–Kier alpha value is -2.50. The predicted molar refractivity (Wildman–Crippen MR) is 77.1 cm³/mol. The number of rotatable bonds is 2. The fraction of sp³-hybridized carbons (Fsp3) is 0.333. The Morgan fingerprint density at radius 1 is 1.33 bits per heavy atom. The van der Waals surface area contributed by atoms with E-state index in [1.807, 2.05) is 0 Å². The zero-order valence-corrected chi connectivity index (χ0v) is 12.1. The van der Waals surface area contributed by atoms with Gasteiger partial charge in [0.2, 0.25) is 0 Å². The lowest BCUT2D eigenvalue weighted by Gasteiger charge is -2.23. The smallest absolute Gasteiger partial charge is 0.336 e. The summed E-state index contributed by atoms with van der Waals surface area (Å²) in [6.07, 6.45) is 0.641. The number of amides is 1. The molecule has 3 rings (SSSR count). The highest BCUT2D eigenvalue weighted by molar-refractivity contribution is 6.11. The maximum atomic E-state index is 12.4. The van der Waals surface area contributed by atoms with Crippen molar-refractivity contribution in [2.75, 3.05) is 20.7 Å². The molecule has 0 unspecified atom stereocenters. The van der Waals surface area contributed by atoms with Gasteiger partial charge in [0, 0.05) is 26.0 Å². The minimum atomic E-state index is -0.998. The van der Waals surface area contributed by atoms with E-state index in [1.165, 1.54) is 13.2 Å². The van der Waals surface area contributed by atoms with Crippen LogP contribution in [0.3, 0.4) is 0 Å². The highest BCUT2D eigenvalue weighted by Crippen LogP contribution is 2.37. The number of aromatic nitrogens is 1. The minimum absolute atomic E-state index is 0.0895. The van der Waals surface area contributed by atoms with Gasteiger partial charge < -0.3 is 19.3 Å². The zero-order chi connectivity index (χ0) is 15.3. The van der Waals surface area contributed by atoms with Crippen molar-refractivity contribution in [1.82, 2.24) is 9.47 Å². The van der Waals surface area contributed by atoms with E-state index in [9.17, 15) is 14.7 Å². The number of benzene rings is 1. The van der Waals surface area contributed by atoms with E-state index in [1.54, 1.807) is 29.6 Å². The van der Waals surface area contributed by atoms with Crippen LogP contribution in [0, 0.1) is 0 Å². The number of hydrogen-bond acceptors (Lipinski definition) is 3. The molecule has 0 fully saturated rings. The fourth-order valence-electron chi connectivity index (χ4n) is 3.06. The number of carbonyl (C=O) groups excluding carboxylic acids is 1. The van der Waals surface area contributed by atoms with Gasteiger partial charge in [0.15, 0.2) is 0 Å². The summed E-state index contributed by atoms with van der Waals surface area (Å²) in [7, 11) is 5.06. The molecule has 1 aromatic carbocycles. The molecule has 2 heterocycles. The molecule has 0 bridgehead atoms. The third-order valence-electron chi connectivity index (χ3n) is 4.10. The van der Waals surface area contributed by atoms with Crippen LogP contribution in [0.25, 0.3) is 10.9 Å². The Morgan fingerprint density at radius 3 is 2.67 bits per heavy atom. The normalized spacial score (nSPS) is 14.4.